The molecule has 23 heavy (non-hydrogen) atoms. The van der Waals surface area contributed by atoms with Crippen LogP contribution >= 0.6 is 0 Å². The number of fused-ring (bicyclic) bond motifs is 1. The molecule has 0 radical (unpaired) electrons. The highest BCUT2D eigenvalue weighted by Gasteiger charge is 2.40. The first kappa shape index (κ1) is 16.2. The summed E-state index contributed by atoms with van der Waals surface area (Å²) in [5.41, 5.74) is 6.78. The van der Waals surface area contributed by atoms with Crippen LogP contribution < -0.4 is 10.5 Å². The van der Waals surface area contributed by atoms with E-state index in [0.717, 1.165) is 35.1 Å². The Bertz CT molecular complexity index is 681. The molecule has 4 N–H and O–H groups in total. The summed E-state index contributed by atoms with van der Waals surface area (Å²) in [6, 6.07) is 7.70. The van der Waals surface area contributed by atoms with E-state index in [1.807, 2.05) is 24.3 Å². The van der Waals surface area contributed by atoms with Crippen molar-refractivity contribution < 1.29 is 14.9 Å². The molecule has 124 valence electrons. The van der Waals surface area contributed by atoms with Crippen LogP contribution in [0.1, 0.15) is 37.2 Å². The molecule has 0 bridgehead atoms. The molecule has 1 heterocycles. The first-order valence-corrected chi connectivity index (χ1v) is 8.09. The minimum atomic E-state index is -0.929. The summed E-state index contributed by atoms with van der Waals surface area (Å²) in [6.45, 7) is -0.109. The Balaban J connectivity index is 2.05. The van der Waals surface area contributed by atoms with Gasteiger partial charge < -0.3 is 20.7 Å². The van der Waals surface area contributed by atoms with Crippen LogP contribution in [0.25, 0.3) is 10.9 Å². The lowest BCUT2D eigenvalue weighted by Gasteiger charge is -2.40. The summed E-state index contributed by atoms with van der Waals surface area (Å²) in [5.74, 6) is 0.383. The van der Waals surface area contributed by atoms with Crippen LogP contribution in [-0.2, 0) is 0 Å². The Kier molecular flexibility index (Phi) is 4.53. The number of aliphatic hydroxyl groups is 2. The maximum absolute atomic E-state index is 11.1. The monoisotopic (exact) mass is 316 g/mol. The van der Waals surface area contributed by atoms with Gasteiger partial charge in [0.1, 0.15) is 5.75 Å². The molecule has 1 saturated carbocycles. The predicted octanol–water partition coefficient (Wildman–Crippen LogP) is 1.95. The van der Waals surface area contributed by atoms with Gasteiger partial charge in [0.15, 0.2) is 0 Å². The van der Waals surface area contributed by atoms with Crippen LogP contribution in [0, 0.1) is 0 Å². The van der Waals surface area contributed by atoms with E-state index >= 15 is 0 Å². The number of nitrogens with zero attached hydrogens (tertiary/aromatic N) is 1. The van der Waals surface area contributed by atoms with Gasteiger partial charge >= 0.3 is 0 Å². The Morgan fingerprint density at radius 2 is 2.09 bits per heavy atom. The average molecular weight is 316 g/mol. The van der Waals surface area contributed by atoms with Crippen LogP contribution in [0.3, 0.4) is 0 Å². The first-order valence-electron chi connectivity index (χ1n) is 8.09. The van der Waals surface area contributed by atoms with Crippen molar-refractivity contribution in [2.45, 2.75) is 43.2 Å². The quantitative estimate of drug-likeness (QED) is 0.802. The zero-order valence-electron chi connectivity index (χ0n) is 13.4. The molecular weight excluding hydrogens is 292 g/mol. The number of aromatic nitrogens is 1. The maximum Gasteiger partial charge on any atom is 0.119 e. The second-order valence-corrected chi connectivity index (χ2v) is 6.46. The van der Waals surface area contributed by atoms with E-state index < -0.39 is 5.60 Å². The lowest BCUT2D eigenvalue weighted by atomic mass is 9.71. The van der Waals surface area contributed by atoms with Gasteiger partial charge in [0.25, 0.3) is 0 Å². The first-order chi connectivity index (χ1) is 11.1. The number of hydrogen-bond donors (Lipinski definition) is 3. The highest BCUT2D eigenvalue weighted by atomic mass is 16.5. The molecule has 2 aromatic rings. The molecule has 1 aromatic heterocycles. The number of methoxy groups -OCH3 is 1. The van der Waals surface area contributed by atoms with Gasteiger partial charge in [0.05, 0.1) is 24.8 Å². The fourth-order valence-electron chi connectivity index (χ4n) is 3.62. The van der Waals surface area contributed by atoms with Crippen molar-refractivity contribution in [3.63, 3.8) is 0 Å². The normalized spacial score (nSPS) is 26.2. The zero-order valence-corrected chi connectivity index (χ0v) is 13.4. The van der Waals surface area contributed by atoms with Crippen LogP contribution in [0.2, 0.25) is 0 Å². The van der Waals surface area contributed by atoms with E-state index in [2.05, 4.69) is 4.98 Å². The largest absolute Gasteiger partial charge is 0.497 e. The smallest absolute Gasteiger partial charge is 0.119 e. The van der Waals surface area contributed by atoms with Gasteiger partial charge in [-0.25, -0.2) is 0 Å². The molecule has 0 spiro atoms. The number of rotatable bonds is 4. The number of pyridine rings is 1. The van der Waals surface area contributed by atoms with Gasteiger partial charge in [-0.1, -0.05) is 0 Å². The third-order valence-electron chi connectivity index (χ3n) is 5.09. The van der Waals surface area contributed by atoms with E-state index in [4.69, 9.17) is 10.5 Å². The molecule has 1 fully saturated rings. The van der Waals surface area contributed by atoms with E-state index in [1.54, 1.807) is 13.3 Å². The molecule has 5 heteroatoms. The Morgan fingerprint density at radius 3 is 2.74 bits per heavy atom. The fraction of sp³-hybridized carbons (Fsp3) is 0.500. The lowest BCUT2D eigenvalue weighted by Crippen LogP contribution is -2.44. The summed E-state index contributed by atoms with van der Waals surface area (Å²) in [5, 5.41) is 22.0. The minimum absolute atomic E-state index is 0.109. The van der Waals surface area contributed by atoms with Crippen LogP contribution in [-0.4, -0.2) is 40.6 Å². The molecule has 3 rings (SSSR count). The Hall–Kier alpha value is -1.69. The summed E-state index contributed by atoms with van der Waals surface area (Å²) in [6.07, 6.45) is 4.49. The number of hydrogen-bond acceptors (Lipinski definition) is 5. The molecule has 5 nitrogen and oxygen atoms in total. The van der Waals surface area contributed by atoms with E-state index in [1.165, 1.54) is 0 Å². The third kappa shape index (κ3) is 3.04. The van der Waals surface area contributed by atoms with E-state index in [9.17, 15) is 10.2 Å². The molecule has 0 aliphatic heterocycles. The van der Waals surface area contributed by atoms with Crippen molar-refractivity contribution in [2.24, 2.45) is 5.73 Å². The van der Waals surface area contributed by atoms with Crippen molar-refractivity contribution in [2.75, 3.05) is 13.7 Å². The van der Waals surface area contributed by atoms with Gasteiger partial charge in [-0.05, 0) is 55.5 Å². The molecule has 1 unspecified atom stereocenters. The topological polar surface area (TPSA) is 88.6 Å². The second-order valence-electron chi connectivity index (χ2n) is 6.46. The summed E-state index contributed by atoms with van der Waals surface area (Å²) in [7, 11) is 1.62. The predicted molar refractivity (Wildman–Crippen MR) is 89.5 cm³/mol. The molecular formula is C18H24N2O3. The van der Waals surface area contributed by atoms with Gasteiger partial charge in [0, 0.05) is 23.5 Å². The average Bonchev–Trinajstić information content (AvgIpc) is 2.58. The maximum atomic E-state index is 11.1. The van der Waals surface area contributed by atoms with Crippen LogP contribution in [0.5, 0.6) is 5.75 Å². The van der Waals surface area contributed by atoms with Gasteiger partial charge in [-0.2, -0.15) is 0 Å². The van der Waals surface area contributed by atoms with Crippen molar-refractivity contribution in [3.8, 4) is 5.75 Å². The highest BCUT2D eigenvalue weighted by molar-refractivity contribution is 5.84. The number of nitrogens with two attached hydrogens (primary N) is 1. The van der Waals surface area contributed by atoms with Crippen molar-refractivity contribution in [3.05, 3.63) is 36.0 Å². The molecule has 0 amide bonds. The molecule has 1 aliphatic rings. The SMILES string of the molecule is COc1ccc2nccc(C(CO)[C@]3(O)CC[C@@H](N)CC3)c2c1. The van der Waals surface area contributed by atoms with Gasteiger partial charge in [-0.15, -0.1) is 0 Å². The van der Waals surface area contributed by atoms with Crippen molar-refractivity contribution in [1.29, 1.82) is 0 Å². The number of aliphatic hydroxyl groups excluding tert-OH is 1. The fourth-order valence-corrected chi connectivity index (χ4v) is 3.62. The van der Waals surface area contributed by atoms with Crippen LogP contribution in [0.15, 0.2) is 30.5 Å². The zero-order chi connectivity index (χ0) is 16.4. The Labute approximate surface area is 136 Å². The Morgan fingerprint density at radius 1 is 1.35 bits per heavy atom. The third-order valence-corrected chi connectivity index (χ3v) is 5.09. The van der Waals surface area contributed by atoms with Gasteiger partial charge in [0.2, 0.25) is 0 Å². The van der Waals surface area contributed by atoms with E-state index in [0.29, 0.717) is 12.8 Å². The summed E-state index contributed by atoms with van der Waals surface area (Å²) >= 11 is 0. The summed E-state index contributed by atoms with van der Waals surface area (Å²) in [4.78, 5) is 4.38. The molecule has 1 aliphatic carbocycles. The standard InChI is InChI=1S/C18H24N2O3/c1-23-13-2-3-17-15(10-13)14(6-9-20-17)16(11-21)18(22)7-4-12(19)5-8-18/h2-3,6,9-10,12,16,21-22H,4-5,7-8,11,19H2,1H3/t12-,16?,18+. The molecule has 1 aromatic carbocycles. The highest BCUT2D eigenvalue weighted by Crippen LogP contribution is 2.41. The summed E-state index contributed by atoms with van der Waals surface area (Å²) < 4.78 is 5.31. The van der Waals surface area contributed by atoms with Crippen molar-refractivity contribution >= 4 is 10.9 Å². The second kappa shape index (κ2) is 6.43. The molecule has 0 saturated heterocycles. The number of ether oxygens (including phenoxy) is 1. The molecule has 1 atom stereocenters. The van der Waals surface area contributed by atoms with Gasteiger partial charge in [-0.3, -0.25) is 4.98 Å². The van der Waals surface area contributed by atoms with Crippen molar-refractivity contribution in [1.82, 2.24) is 4.98 Å². The number of benzene rings is 1. The van der Waals surface area contributed by atoms with E-state index in [-0.39, 0.29) is 18.6 Å². The van der Waals surface area contributed by atoms with Crippen LogP contribution in [0.4, 0.5) is 0 Å². The lowest BCUT2D eigenvalue weighted by molar-refractivity contribution is -0.0392. The minimum Gasteiger partial charge on any atom is -0.497 e.